The van der Waals surface area contributed by atoms with E-state index in [4.69, 9.17) is 21.1 Å². The topological polar surface area (TPSA) is 66.2 Å². The van der Waals surface area contributed by atoms with Gasteiger partial charge in [-0.3, -0.25) is 0 Å². The van der Waals surface area contributed by atoms with Gasteiger partial charge in [-0.1, -0.05) is 11.6 Å². The van der Waals surface area contributed by atoms with Crippen molar-refractivity contribution in [2.24, 2.45) is 16.7 Å². The molecule has 2 spiro atoms. The molecule has 3 saturated carbocycles. The normalized spacial score (nSPS) is 20.7. The molecule has 27 heavy (non-hydrogen) atoms. The highest BCUT2D eigenvalue weighted by Crippen LogP contribution is 2.93. The number of pyridine rings is 1. The van der Waals surface area contributed by atoms with Crippen LogP contribution in [0.3, 0.4) is 0 Å². The molecule has 0 atom stereocenters. The number of ether oxygens (including phenoxy) is 2. The molecule has 0 aromatic carbocycles. The summed E-state index contributed by atoms with van der Waals surface area (Å²) in [5.74, 6) is 1.51. The molecule has 0 amide bonds. The predicted molar refractivity (Wildman–Crippen MR) is 99.3 cm³/mol. The summed E-state index contributed by atoms with van der Waals surface area (Å²) in [4.78, 5) is 16.0. The zero-order valence-electron chi connectivity index (χ0n) is 15.3. The quantitative estimate of drug-likeness (QED) is 0.529. The first-order valence-electron chi connectivity index (χ1n) is 9.62. The van der Waals surface area contributed by atoms with Crippen molar-refractivity contribution in [3.05, 3.63) is 35.1 Å². The molecule has 0 bridgehead atoms. The monoisotopic (exact) mass is 387 g/mol. The van der Waals surface area contributed by atoms with Gasteiger partial charge < -0.3 is 9.47 Å². The standard InChI is InChI=1S/C20H22ClN3O3/c1-2-26-18(25)13-3-4-15(22-17(13)21)24-11-5-16(23-24)27-12-6-14-19(7-8-19)20(14)9-10-20/h3-5,11,14H,2,6-10,12H2,1H3. The Bertz CT molecular complexity index is 884. The van der Waals surface area contributed by atoms with E-state index in [2.05, 4.69) is 10.1 Å². The van der Waals surface area contributed by atoms with Crippen molar-refractivity contribution in [2.45, 2.75) is 39.0 Å². The lowest BCUT2D eigenvalue weighted by Gasteiger charge is -2.06. The van der Waals surface area contributed by atoms with E-state index in [9.17, 15) is 4.79 Å². The Balaban J connectivity index is 1.20. The smallest absolute Gasteiger partial charge is 0.341 e. The first-order chi connectivity index (χ1) is 13.1. The van der Waals surface area contributed by atoms with E-state index < -0.39 is 5.97 Å². The van der Waals surface area contributed by atoms with Crippen LogP contribution >= 0.6 is 11.6 Å². The summed E-state index contributed by atoms with van der Waals surface area (Å²) in [5.41, 5.74) is 1.69. The van der Waals surface area contributed by atoms with Crippen LogP contribution in [-0.4, -0.2) is 33.9 Å². The van der Waals surface area contributed by atoms with Crippen LogP contribution in [0.2, 0.25) is 5.15 Å². The van der Waals surface area contributed by atoms with Gasteiger partial charge in [0.1, 0.15) is 5.15 Å². The summed E-state index contributed by atoms with van der Waals surface area (Å²) in [5, 5.41) is 4.51. The fourth-order valence-corrected chi connectivity index (χ4v) is 5.29. The number of halogens is 1. The van der Waals surface area contributed by atoms with Gasteiger partial charge in [0, 0.05) is 12.3 Å². The largest absolute Gasteiger partial charge is 0.477 e. The first-order valence-corrected chi connectivity index (χ1v) is 10.00. The first kappa shape index (κ1) is 17.0. The molecule has 2 aromatic heterocycles. The minimum Gasteiger partial charge on any atom is -0.477 e. The van der Waals surface area contributed by atoms with Gasteiger partial charge in [-0.05, 0) is 67.9 Å². The molecule has 5 rings (SSSR count). The zero-order chi connectivity index (χ0) is 18.6. The summed E-state index contributed by atoms with van der Waals surface area (Å²) in [6.07, 6.45) is 8.63. The Morgan fingerprint density at radius 3 is 2.63 bits per heavy atom. The zero-order valence-corrected chi connectivity index (χ0v) is 16.0. The number of rotatable bonds is 7. The highest BCUT2D eigenvalue weighted by molar-refractivity contribution is 6.32. The number of aromatic nitrogens is 3. The molecule has 0 unspecified atom stereocenters. The van der Waals surface area contributed by atoms with Crippen LogP contribution in [0.15, 0.2) is 24.4 Å². The van der Waals surface area contributed by atoms with Gasteiger partial charge in [-0.15, -0.1) is 5.10 Å². The van der Waals surface area contributed by atoms with Crippen LogP contribution in [-0.2, 0) is 4.74 Å². The molecule has 0 saturated heterocycles. The molecule has 0 aliphatic heterocycles. The summed E-state index contributed by atoms with van der Waals surface area (Å²) < 4.78 is 12.4. The van der Waals surface area contributed by atoms with Crippen molar-refractivity contribution in [1.29, 1.82) is 0 Å². The lowest BCUT2D eigenvalue weighted by molar-refractivity contribution is 0.0526. The second-order valence-electron chi connectivity index (χ2n) is 7.83. The van der Waals surface area contributed by atoms with E-state index in [1.54, 1.807) is 29.9 Å². The predicted octanol–water partition coefficient (Wildman–Crippen LogP) is 4.06. The van der Waals surface area contributed by atoms with Crippen molar-refractivity contribution in [2.75, 3.05) is 13.2 Å². The van der Waals surface area contributed by atoms with E-state index in [1.807, 2.05) is 6.07 Å². The number of carbonyl (C=O) groups excluding carboxylic acids is 1. The second-order valence-corrected chi connectivity index (χ2v) is 8.19. The Morgan fingerprint density at radius 1 is 1.26 bits per heavy atom. The molecule has 0 N–H and O–H groups in total. The SMILES string of the molecule is CCOC(=O)c1ccc(-n2ccc(OCCC3C4(CC4)C34CC4)n2)nc1Cl. The Hall–Kier alpha value is -2.08. The average molecular weight is 388 g/mol. The van der Waals surface area contributed by atoms with Crippen LogP contribution in [0.1, 0.15) is 49.4 Å². The molecular weight excluding hydrogens is 366 g/mol. The highest BCUT2D eigenvalue weighted by atomic mass is 35.5. The number of carbonyl (C=O) groups is 1. The maximum Gasteiger partial charge on any atom is 0.341 e. The Morgan fingerprint density at radius 2 is 2.00 bits per heavy atom. The Labute approximate surface area is 162 Å². The highest BCUT2D eigenvalue weighted by Gasteiger charge is 2.85. The minimum atomic E-state index is -0.479. The van der Waals surface area contributed by atoms with E-state index in [1.165, 1.54) is 25.7 Å². The molecule has 0 radical (unpaired) electrons. The molecule has 3 aliphatic rings. The van der Waals surface area contributed by atoms with Crippen LogP contribution < -0.4 is 4.74 Å². The Kier molecular flexibility index (Phi) is 3.76. The molecule has 2 aromatic rings. The van der Waals surface area contributed by atoms with Crippen LogP contribution in [0.25, 0.3) is 5.82 Å². The molecule has 6 nitrogen and oxygen atoms in total. The molecule has 7 heteroatoms. The number of hydrogen-bond acceptors (Lipinski definition) is 5. The van der Waals surface area contributed by atoms with Gasteiger partial charge in [0.25, 0.3) is 0 Å². The van der Waals surface area contributed by atoms with Gasteiger partial charge in [-0.25, -0.2) is 14.5 Å². The molecule has 3 aliphatic carbocycles. The van der Waals surface area contributed by atoms with Crippen molar-refractivity contribution < 1.29 is 14.3 Å². The van der Waals surface area contributed by atoms with Crippen molar-refractivity contribution in [3.8, 4) is 11.7 Å². The van der Waals surface area contributed by atoms with E-state index in [0.29, 0.717) is 24.9 Å². The third-order valence-corrected chi connectivity index (χ3v) is 6.89. The minimum absolute atomic E-state index is 0.0992. The van der Waals surface area contributed by atoms with Gasteiger partial charge in [-0.2, -0.15) is 0 Å². The lowest BCUT2D eigenvalue weighted by Crippen LogP contribution is -2.08. The molecule has 142 valence electrons. The van der Waals surface area contributed by atoms with Gasteiger partial charge >= 0.3 is 5.97 Å². The lowest BCUT2D eigenvalue weighted by atomic mass is 10.2. The molecule has 2 heterocycles. The number of fused-ring (bicyclic) bond motifs is 1. The third kappa shape index (κ3) is 2.64. The third-order valence-electron chi connectivity index (χ3n) is 6.60. The van der Waals surface area contributed by atoms with Gasteiger partial charge in [0.2, 0.25) is 5.88 Å². The van der Waals surface area contributed by atoms with Gasteiger partial charge in [0.15, 0.2) is 5.82 Å². The van der Waals surface area contributed by atoms with Crippen LogP contribution in [0.4, 0.5) is 0 Å². The summed E-state index contributed by atoms with van der Waals surface area (Å²) in [7, 11) is 0. The van der Waals surface area contributed by atoms with Crippen LogP contribution in [0.5, 0.6) is 5.88 Å². The number of hydrogen-bond donors (Lipinski definition) is 0. The molecular formula is C20H22ClN3O3. The fraction of sp³-hybridized carbons (Fsp3) is 0.550. The number of esters is 1. The average Bonchev–Trinajstić information content (AvgIpc) is 3.60. The number of nitrogens with zero attached hydrogens (tertiary/aromatic N) is 3. The second kappa shape index (κ2) is 5.96. The molecule has 3 fully saturated rings. The summed E-state index contributed by atoms with van der Waals surface area (Å²) in [6, 6.07) is 5.11. The van der Waals surface area contributed by atoms with Gasteiger partial charge in [0.05, 0.1) is 18.8 Å². The van der Waals surface area contributed by atoms with E-state index in [-0.39, 0.29) is 10.7 Å². The fourth-order valence-electron chi connectivity index (χ4n) is 5.06. The summed E-state index contributed by atoms with van der Waals surface area (Å²) >= 11 is 6.12. The van der Waals surface area contributed by atoms with Crippen molar-refractivity contribution >= 4 is 17.6 Å². The van der Waals surface area contributed by atoms with E-state index >= 15 is 0 Å². The van der Waals surface area contributed by atoms with Crippen molar-refractivity contribution in [3.63, 3.8) is 0 Å². The van der Waals surface area contributed by atoms with Crippen molar-refractivity contribution in [1.82, 2.24) is 14.8 Å². The maximum absolute atomic E-state index is 11.8. The van der Waals surface area contributed by atoms with Crippen LogP contribution in [0, 0.1) is 16.7 Å². The maximum atomic E-state index is 11.8. The van der Waals surface area contributed by atoms with E-state index in [0.717, 1.165) is 23.2 Å². The summed E-state index contributed by atoms with van der Waals surface area (Å²) in [6.45, 7) is 2.75.